The van der Waals surface area contributed by atoms with Gasteiger partial charge in [0.15, 0.2) is 0 Å². The second-order valence-corrected chi connectivity index (χ2v) is 4.70. The molecule has 0 bridgehead atoms. The molecule has 0 unspecified atom stereocenters. The van der Waals surface area contributed by atoms with Crippen LogP contribution in [0.4, 0.5) is 12.9 Å². The highest BCUT2D eigenvalue weighted by atomic mass is 19.4. The van der Waals surface area contributed by atoms with Gasteiger partial charge in [-0.3, -0.25) is 0 Å². The fourth-order valence-electron chi connectivity index (χ4n) is 2.56. The summed E-state index contributed by atoms with van der Waals surface area (Å²) in [6.45, 7) is -4.69. The molecule has 3 rings (SSSR count). The van der Waals surface area contributed by atoms with Crippen LogP contribution in [0.1, 0.15) is 17.9 Å². The Morgan fingerprint density at radius 2 is 1.65 bits per heavy atom. The maximum Gasteiger partial charge on any atom is 0.481 e. The first-order valence-corrected chi connectivity index (χ1v) is 5.75. The summed E-state index contributed by atoms with van der Waals surface area (Å²) >= 11 is 0. The zero-order valence-corrected chi connectivity index (χ0v) is 9.11. The third-order valence-corrected chi connectivity index (χ3v) is 3.55. The molecule has 4 heteroatoms. The van der Waals surface area contributed by atoms with E-state index in [0.29, 0.717) is 0 Å². The van der Waals surface area contributed by atoms with Gasteiger partial charge in [-0.25, -0.2) is 0 Å². The van der Waals surface area contributed by atoms with Gasteiger partial charge in [0.1, 0.15) is 0 Å². The number of hydrogen-bond donors (Lipinski definition) is 0. The Morgan fingerprint density at radius 1 is 0.941 bits per heavy atom. The van der Waals surface area contributed by atoms with Gasteiger partial charge in [-0.05, 0) is 22.3 Å². The number of hydrogen-bond acceptors (Lipinski definition) is 0. The van der Waals surface area contributed by atoms with Crippen LogP contribution in [0.15, 0.2) is 42.5 Å². The van der Waals surface area contributed by atoms with E-state index >= 15 is 0 Å². The summed E-state index contributed by atoms with van der Waals surface area (Å²) in [6.07, 6.45) is 0.261. The van der Waals surface area contributed by atoms with Gasteiger partial charge in [0.2, 0.25) is 0 Å². The zero-order chi connectivity index (χ0) is 12.0. The summed E-state index contributed by atoms with van der Waals surface area (Å²) in [5, 5.41) is 1.98. The highest BCUT2D eigenvalue weighted by molar-refractivity contribution is 6.61. The lowest BCUT2D eigenvalue weighted by Gasteiger charge is -2.13. The maximum absolute atomic E-state index is 12.6. The average molecular weight is 235 g/mol. The van der Waals surface area contributed by atoms with Crippen LogP contribution in [0.5, 0.6) is 0 Å². The number of rotatable bonds is 2. The van der Waals surface area contributed by atoms with Crippen molar-refractivity contribution in [2.24, 2.45) is 0 Å². The third kappa shape index (κ3) is 1.81. The first-order valence-electron chi connectivity index (χ1n) is 5.75. The molecule has 0 heterocycles. The smallest absolute Gasteiger partial charge is 0.449 e. The Bertz CT molecular complexity index is 557. The molecule has 2 aromatic rings. The Morgan fingerprint density at radius 3 is 2.35 bits per heavy atom. The molecule has 0 N–H and O–H groups in total. The summed E-state index contributed by atoms with van der Waals surface area (Å²) in [5.74, 6) is -1.40. The van der Waals surface area contributed by atoms with Crippen molar-refractivity contribution < 1.29 is 12.9 Å². The minimum absolute atomic E-state index is 0.261. The zero-order valence-electron chi connectivity index (χ0n) is 9.11. The van der Waals surface area contributed by atoms with E-state index in [1.54, 1.807) is 0 Å². The molecule has 0 aromatic heterocycles. The van der Waals surface area contributed by atoms with Crippen LogP contribution in [0.25, 0.3) is 10.8 Å². The van der Waals surface area contributed by atoms with E-state index in [4.69, 9.17) is 0 Å². The van der Waals surface area contributed by atoms with Crippen LogP contribution in [-0.2, 0) is 0 Å². The SMILES string of the molecule is F[B-](F)(F)[C@@H]1C[C@H]1c1cccc2ccccc12. The standard InChI is InChI=1S/C13H11BF3/c15-14(16,17)13-8-12(13)11-7-3-5-9-4-1-2-6-10(9)11/h1-7,12-13H,8H2/q-1/t12-,13+/m0/s1. The molecule has 0 amide bonds. The van der Waals surface area contributed by atoms with Crippen molar-refractivity contribution in [2.75, 3.05) is 0 Å². The van der Waals surface area contributed by atoms with Crippen molar-refractivity contribution in [3.8, 4) is 0 Å². The van der Waals surface area contributed by atoms with E-state index in [2.05, 4.69) is 0 Å². The summed E-state index contributed by atoms with van der Waals surface area (Å²) in [4.78, 5) is 0. The van der Waals surface area contributed by atoms with Gasteiger partial charge in [0.25, 0.3) is 0 Å². The summed E-state index contributed by atoms with van der Waals surface area (Å²) < 4.78 is 37.9. The number of halogens is 3. The second-order valence-electron chi connectivity index (χ2n) is 4.70. The van der Waals surface area contributed by atoms with Crippen molar-refractivity contribution in [3.05, 3.63) is 48.0 Å². The topological polar surface area (TPSA) is 0 Å². The van der Waals surface area contributed by atoms with E-state index in [9.17, 15) is 12.9 Å². The molecule has 0 radical (unpaired) electrons. The van der Waals surface area contributed by atoms with Crippen molar-refractivity contribution in [3.63, 3.8) is 0 Å². The first kappa shape index (κ1) is 10.7. The molecule has 1 aliphatic rings. The molecule has 88 valence electrons. The molecule has 0 spiro atoms. The molecule has 17 heavy (non-hydrogen) atoms. The molecule has 0 nitrogen and oxygen atoms in total. The summed E-state index contributed by atoms with van der Waals surface area (Å²) in [5.41, 5.74) is 0.854. The molecular formula is C13H11BF3-. The molecular weight excluding hydrogens is 224 g/mol. The van der Waals surface area contributed by atoms with Crippen molar-refractivity contribution in [1.82, 2.24) is 0 Å². The Labute approximate surface area is 97.5 Å². The van der Waals surface area contributed by atoms with Crippen LogP contribution < -0.4 is 0 Å². The van der Waals surface area contributed by atoms with Crippen LogP contribution >= 0.6 is 0 Å². The maximum atomic E-state index is 12.6. The van der Waals surface area contributed by atoms with E-state index in [1.807, 2.05) is 42.5 Å². The van der Waals surface area contributed by atoms with Gasteiger partial charge in [-0.15, -0.1) is 0 Å². The predicted molar refractivity (Wildman–Crippen MR) is 64.1 cm³/mol. The Balaban J connectivity index is 2.03. The largest absolute Gasteiger partial charge is 0.481 e. The van der Waals surface area contributed by atoms with Gasteiger partial charge >= 0.3 is 6.98 Å². The lowest BCUT2D eigenvalue weighted by atomic mass is 9.80. The minimum Gasteiger partial charge on any atom is -0.449 e. The predicted octanol–water partition coefficient (Wildman–Crippen LogP) is 4.54. The van der Waals surface area contributed by atoms with E-state index in [-0.39, 0.29) is 12.3 Å². The van der Waals surface area contributed by atoms with Crippen molar-refractivity contribution in [2.45, 2.75) is 18.2 Å². The molecule has 1 fully saturated rings. The average Bonchev–Trinajstić information content (AvgIpc) is 3.07. The van der Waals surface area contributed by atoms with Crippen LogP contribution in [-0.4, -0.2) is 6.98 Å². The number of benzene rings is 2. The van der Waals surface area contributed by atoms with Crippen molar-refractivity contribution >= 4 is 17.7 Å². The van der Waals surface area contributed by atoms with E-state index < -0.39 is 12.8 Å². The van der Waals surface area contributed by atoms with Gasteiger partial charge in [-0.1, -0.05) is 54.7 Å². The van der Waals surface area contributed by atoms with E-state index in [1.165, 1.54) is 0 Å². The lowest BCUT2D eigenvalue weighted by molar-refractivity contribution is 0.463. The van der Waals surface area contributed by atoms with Crippen molar-refractivity contribution in [1.29, 1.82) is 0 Å². The van der Waals surface area contributed by atoms with Gasteiger partial charge in [0.05, 0.1) is 0 Å². The van der Waals surface area contributed by atoms with Crippen LogP contribution in [0.2, 0.25) is 5.82 Å². The highest BCUT2D eigenvalue weighted by Crippen LogP contribution is 2.60. The minimum atomic E-state index is -4.69. The molecule has 1 aliphatic carbocycles. The molecule has 2 atom stereocenters. The normalized spacial score (nSPS) is 23.9. The molecule has 2 aromatic carbocycles. The van der Waals surface area contributed by atoms with Gasteiger partial charge in [-0.2, -0.15) is 0 Å². The fourth-order valence-corrected chi connectivity index (χ4v) is 2.56. The lowest BCUT2D eigenvalue weighted by Crippen LogP contribution is -2.15. The first-order chi connectivity index (χ1) is 8.07. The Hall–Kier alpha value is -1.45. The highest BCUT2D eigenvalue weighted by Gasteiger charge is 2.51. The second kappa shape index (κ2) is 3.52. The monoisotopic (exact) mass is 235 g/mol. The molecule has 1 saturated carbocycles. The van der Waals surface area contributed by atoms with Crippen LogP contribution in [0.3, 0.4) is 0 Å². The Kier molecular flexibility index (Phi) is 2.22. The quantitative estimate of drug-likeness (QED) is 0.670. The van der Waals surface area contributed by atoms with Gasteiger partial charge in [0, 0.05) is 0 Å². The number of fused-ring (bicyclic) bond motifs is 1. The summed E-state index contributed by atoms with van der Waals surface area (Å²) in [6, 6.07) is 13.2. The van der Waals surface area contributed by atoms with Gasteiger partial charge < -0.3 is 12.9 Å². The fraction of sp³-hybridized carbons (Fsp3) is 0.231. The summed E-state index contributed by atoms with van der Waals surface area (Å²) in [7, 11) is 0. The third-order valence-electron chi connectivity index (χ3n) is 3.55. The molecule has 0 aliphatic heterocycles. The van der Waals surface area contributed by atoms with E-state index in [0.717, 1.165) is 16.3 Å². The molecule has 0 saturated heterocycles. The van der Waals surface area contributed by atoms with Crippen LogP contribution in [0, 0.1) is 0 Å².